The monoisotopic (exact) mass is 266 g/mol. The maximum atomic E-state index is 10.7. The van der Waals surface area contributed by atoms with Crippen LogP contribution in [0, 0.1) is 10.1 Å². The van der Waals surface area contributed by atoms with Crippen LogP contribution in [-0.2, 0) is 9.57 Å². The number of non-ortho nitro benzene ring substituents is 1. The summed E-state index contributed by atoms with van der Waals surface area (Å²) in [4.78, 5) is 25.6. The molecule has 1 N–H and O–H groups in total. The molecule has 0 saturated carbocycles. The number of benzene rings is 1. The fraction of sp³-hybridized carbons (Fsp3) is 0.273. The number of hydrogen-bond donors (Lipinski definition) is 1. The highest BCUT2D eigenvalue weighted by Gasteiger charge is 2.39. The Hall–Kier alpha value is -2.64. The minimum atomic E-state index is -1.47. The van der Waals surface area contributed by atoms with Gasteiger partial charge in [-0.2, -0.15) is 0 Å². The highest BCUT2D eigenvalue weighted by molar-refractivity contribution is 6.02. The van der Waals surface area contributed by atoms with Gasteiger partial charge in [-0.15, -0.1) is 0 Å². The van der Waals surface area contributed by atoms with E-state index in [1.807, 2.05) is 0 Å². The molecule has 0 aliphatic carbocycles. The average molecular weight is 266 g/mol. The van der Waals surface area contributed by atoms with Crippen molar-refractivity contribution in [3.05, 3.63) is 39.9 Å². The number of nitro benzene ring substituents is 1. The minimum absolute atomic E-state index is 0.0760. The molecule has 0 spiro atoms. The lowest BCUT2D eigenvalue weighted by Crippen LogP contribution is -2.31. The van der Waals surface area contributed by atoms with Crippen LogP contribution >= 0.6 is 0 Å². The number of rotatable bonds is 3. The second kappa shape index (κ2) is 4.56. The van der Waals surface area contributed by atoms with Crippen molar-refractivity contribution in [2.45, 2.75) is 19.1 Å². The zero-order valence-corrected chi connectivity index (χ0v) is 9.90. The van der Waals surface area contributed by atoms with Gasteiger partial charge in [0.1, 0.15) is 0 Å². The van der Waals surface area contributed by atoms with Gasteiger partial charge in [0.2, 0.25) is 0 Å². The number of carboxylic acid groups (broad SMARTS) is 1. The highest BCUT2D eigenvalue weighted by Crippen LogP contribution is 2.28. The van der Waals surface area contributed by atoms with Gasteiger partial charge in [0.05, 0.1) is 17.1 Å². The Labute approximate surface area is 107 Å². The first-order chi connectivity index (χ1) is 8.89. The molecule has 1 aliphatic heterocycles. The van der Waals surface area contributed by atoms with Crippen LogP contribution in [0.4, 0.5) is 10.5 Å². The van der Waals surface area contributed by atoms with Gasteiger partial charge in [-0.25, -0.2) is 4.79 Å². The van der Waals surface area contributed by atoms with Gasteiger partial charge in [-0.1, -0.05) is 17.3 Å². The third-order valence-electron chi connectivity index (χ3n) is 2.53. The summed E-state index contributed by atoms with van der Waals surface area (Å²) in [6.45, 7) is 1.43. The molecule has 8 heteroatoms. The van der Waals surface area contributed by atoms with Crippen LogP contribution in [0.25, 0.3) is 0 Å². The Morgan fingerprint density at radius 2 is 2.37 bits per heavy atom. The summed E-state index contributed by atoms with van der Waals surface area (Å²) in [5.74, 6) is -1.40. The van der Waals surface area contributed by atoms with Gasteiger partial charge in [0.15, 0.2) is 0 Å². The van der Waals surface area contributed by atoms with E-state index in [2.05, 4.69) is 9.89 Å². The fourth-order valence-corrected chi connectivity index (χ4v) is 1.71. The first kappa shape index (κ1) is 12.8. The van der Waals surface area contributed by atoms with Crippen LogP contribution < -0.4 is 0 Å². The average Bonchev–Trinajstić information content (AvgIpc) is 2.70. The summed E-state index contributed by atoms with van der Waals surface area (Å²) in [7, 11) is 0. The maximum Gasteiger partial charge on any atom is 0.509 e. The molecule has 1 aliphatic rings. The molecule has 1 aromatic carbocycles. The Morgan fingerprint density at radius 3 is 3.00 bits per heavy atom. The van der Waals surface area contributed by atoms with Crippen LogP contribution in [0.15, 0.2) is 29.4 Å². The summed E-state index contributed by atoms with van der Waals surface area (Å²) in [6.07, 6.45) is -1.39. The van der Waals surface area contributed by atoms with E-state index in [1.54, 1.807) is 6.07 Å². The normalized spacial score (nSPS) is 21.4. The Balaban J connectivity index is 2.19. The molecule has 8 nitrogen and oxygen atoms in total. The molecule has 1 atom stereocenters. The van der Waals surface area contributed by atoms with Crippen LogP contribution in [0.1, 0.15) is 18.9 Å². The van der Waals surface area contributed by atoms with E-state index in [0.717, 1.165) is 0 Å². The van der Waals surface area contributed by atoms with Gasteiger partial charge >= 0.3 is 6.16 Å². The van der Waals surface area contributed by atoms with Gasteiger partial charge in [0.25, 0.3) is 11.5 Å². The largest absolute Gasteiger partial charge is 0.509 e. The molecule has 0 radical (unpaired) electrons. The summed E-state index contributed by atoms with van der Waals surface area (Å²) in [6, 6.07) is 5.84. The van der Waals surface area contributed by atoms with Crippen molar-refractivity contribution in [3.8, 4) is 0 Å². The van der Waals surface area contributed by atoms with Crippen LogP contribution in [0.2, 0.25) is 0 Å². The van der Waals surface area contributed by atoms with E-state index in [9.17, 15) is 14.9 Å². The van der Waals surface area contributed by atoms with Crippen LogP contribution in [-0.4, -0.2) is 27.7 Å². The lowest BCUT2D eigenvalue weighted by Gasteiger charge is -2.18. The van der Waals surface area contributed by atoms with Crippen molar-refractivity contribution >= 4 is 17.6 Å². The first-order valence-electron chi connectivity index (χ1n) is 5.31. The molecule has 0 aromatic heterocycles. The number of nitro groups is 1. The van der Waals surface area contributed by atoms with Gasteiger partial charge in [-0.05, 0) is 0 Å². The minimum Gasteiger partial charge on any atom is -0.450 e. The van der Waals surface area contributed by atoms with E-state index in [1.165, 1.54) is 25.1 Å². The molecule has 1 aromatic rings. The van der Waals surface area contributed by atoms with E-state index < -0.39 is 16.9 Å². The van der Waals surface area contributed by atoms with Gasteiger partial charge in [-0.3, -0.25) is 10.1 Å². The topological polar surface area (TPSA) is 111 Å². The standard InChI is InChI=1S/C11H10N2O6/c1-11(18-10(14)15)6-9(12-19-11)7-3-2-4-8(5-7)13(16)17/h2-5H,6H2,1H3,(H,14,15). The molecule has 0 amide bonds. The Morgan fingerprint density at radius 1 is 1.63 bits per heavy atom. The summed E-state index contributed by atoms with van der Waals surface area (Å²) in [5.41, 5.74) is 0.812. The number of oxime groups is 1. The molecule has 1 heterocycles. The lowest BCUT2D eigenvalue weighted by atomic mass is 10.0. The molecule has 0 fully saturated rings. The second-order valence-electron chi connectivity index (χ2n) is 4.12. The summed E-state index contributed by atoms with van der Waals surface area (Å²) >= 11 is 0. The molecule has 19 heavy (non-hydrogen) atoms. The highest BCUT2D eigenvalue weighted by atomic mass is 16.8. The number of ether oxygens (including phenoxy) is 1. The second-order valence-corrected chi connectivity index (χ2v) is 4.12. The van der Waals surface area contributed by atoms with Crippen molar-refractivity contribution < 1.29 is 24.4 Å². The van der Waals surface area contributed by atoms with E-state index in [4.69, 9.17) is 9.94 Å². The van der Waals surface area contributed by atoms with E-state index >= 15 is 0 Å². The molecule has 1 unspecified atom stereocenters. The smallest absolute Gasteiger partial charge is 0.450 e. The van der Waals surface area contributed by atoms with Crippen LogP contribution in [0.5, 0.6) is 0 Å². The summed E-state index contributed by atoms with van der Waals surface area (Å²) < 4.78 is 4.57. The van der Waals surface area contributed by atoms with Crippen molar-refractivity contribution in [2.75, 3.05) is 0 Å². The SMILES string of the molecule is CC1(OC(=O)O)CC(c2cccc([N+](=O)[O-])c2)=NO1. The number of hydrogen-bond acceptors (Lipinski definition) is 6. The Kier molecular flexibility index (Phi) is 3.07. The molecule has 0 bridgehead atoms. The van der Waals surface area contributed by atoms with Crippen LogP contribution in [0.3, 0.4) is 0 Å². The molecule has 100 valence electrons. The molecular formula is C11H10N2O6. The zero-order chi connectivity index (χ0) is 14.0. The van der Waals surface area contributed by atoms with Crippen molar-refractivity contribution in [1.82, 2.24) is 0 Å². The van der Waals surface area contributed by atoms with Gasteiger partial charge < -0.3 is 14.7 Å². The zero-order valence-electron chi connectivity index (χ0n) is 9.90. The van der Waals surface area contributed by atoms with Crippen molar-refractivity contribution in [1.29, 1.82) is 0 Å². The summed E-state index contributed by atoms with van der Waals surface area (Å²) in [5, 5.41) is 23.0. The third kappa shape index (κ3) is 2.79. The quantitative estimate of drug-likeness (QED) is 0.509. The fourth-order valence-electron chi connectivity index (χ4n) is 1.71. The van der Waals surface area contributed by atoms with E-state index in [-0.39, 0.29) is 12.1 Å². The maximum absolute atomic E-state index is 10.7. The molecular weight excluding hydrogens is 256 g/mol. The van der Waals surface area contributed by atoms with Crippen molar-refractivity contribution in [2.24, 2.45) is 5.16 Å². The third-order valence-corrected chi connectivity index (χ3v) is 2.53. The molecule has 0 saturated heterocycles. The lowest BCUT2D eigenvalue weighted by molar-refractivity contribution is -0.384. The van der Waals surface area contributed by atoms with Gasteiger partial charge in [0, 0.05) is 24.6 Å². The predicted molar refractivity (Wildman–Crippen MR) is 62.9 cm³/mol. The Bertz CT molecular complexity index is 570. The molecule has 2 rings (SSSR count). The number of nitrogens with zero attached hydrogens (tertiary/aromatic N) is 2. The number of carbonyl (C=O) groups is 1. The first-order valence-corrected chi connectivity index (χ1v) is 5.31. The van der Waals surface area contributed by atoms with E-state index in [0.29, 0.717) is 11.3 Å². The van der Waals surface area contributed by atoms with Crippen molar-refractivity contribution in [3.63, 3.8) is 0 Å². The predicted octanol–water partition coefficient (Wildman–Crippen LogP) is 2.13.